The zero-order valence-electron chi connectivity index (χ0n) is 13.2. The number of nitrogens with zero attached hydrogens (tertiary/aromatic N) is 4. The predicted octanol–water partition coefficient (Wildman–Crippen LogP) is 1.89. The molecule has 0 saturated carbocycles. The van der Waals surface area contributed by atoms with Gasteiger partial charge in [-0.1, -0.05) is 26.0 Å². The summed E-state index contributed by atoms with van der Waals surface area (Å²) in [6.45, 7) is 11.7. The molecule has 114 valence electrons. The molecule has 20 heavy (non-hydrogen) atoms. The maximum Gasteiger partial charge on any atom is 0.0967 e. The Balaban J connectivity index is 1.87. The molecule has 0 amide bonds. The summed E-state index contributed by atoms with van der Waals surface area (Å²) in [6, 6.07) is 0. The average Bonchev–Trinajstić information content (AvgIpc) is 2.65. The van der Waals surface area contributed by atoms with Crippen LogP contribution in [0.3, 0.4) is 0 Å². The van der Waals surface area contributed by atoms with Gasteiger partial charge in [0.15, 0.2) is 0 Å². The third kappa shape index (κ3) is 4.28. The van der Waals surface area contributed by atoms with Crippen LogP contribution < -0.4 is 5.73 Å². The molecule has 2 N–H and O–H groups in total. The number of aromatic nitrogens is 3. The average molecular weight is 279 g/mol. The Labute approximate surface area is 122 Å². The van der Waals surface area contributed by atoms with Crippen molar-refractivity contribution in [2.24, 2.45) is 17.1 Å². The lowest BCUT2D eigenvalue weighted by Gasteiger charge is -2.29. The second kappa shape index (κ2) is 6.68. The summed E-state index contributed by atoms with van der Waals surface area (Å²) in [4.78, 5) is 2.52. The second-order valence-electron chi connectivity index (χ2n) is 7.03. The first-order valence-electron chi connectivity index (χ1n) is 7.80. The molecule has 2 heterocycles. The highest BCUT2D eigenvalue weighted by molar-refractivity contribution is 4.93. The highest BCUT2D eigenvalue weighted by atomic mass is 15.4. The van der Waals surface area contributed by atoms with Crippen molar-refractivity contribution in [2.45, 2.75) is 53.1 Å². The van der Waals surface area contributed by atoms with E-state index in [4.69, 9.17) is 5.73 Å². The number of likely N-dealkylation sites (tertiary alicyclic amines) is 1. The predicted molar refractivity (Wildman–Crippen MR) is 81.1 cm³/mol. The molecule has 1 fully saturated rings. The van der Waals surface area contributed by atoms with Gasteiger partial charge in [0.25, 0.3) is 0 Å². The maximum atomic E-state index is 5.53. The minimum atomic E-state index is 0.431. The molecule has 0 radical (unpaired) electrons. The van der Waals surface area contributed by atoms with Crippen molar-refractivity contribution in [1.29, 1.82) is 0 Å². The van der Waals surface area contributed by atoms with Crippen molar-refractivity contribution in [2.75, 3.05) is 19.6 Å². The van der Waals surface area contributed by atoms with E-state index in [1.54, 1.807) is 0 Å². The van der Waals surface area contributed by atoms with E-state index in [1.165, 1.54) is 32.4 Å². The van der Waals surface area contributed by atoms with Crippen molar-refractivity contribution in [3.8, 4) is 0 Å². The van der Waals surface area contributed by atoms with E-state index < -0.39 is 0 Å². The smallest absolute Gasteiger partial charge is 0.0967 e. The molecule has 1 aliphatic rings. The Hall–Kier alpha value is -0.940. The van der Waals surface area contributed by atoms with E-state index in [9.17, 15) is 0 Å². The van der Waals surface area contributed by atoms with Crippen LogP contribution in [0, 0.1) is 11.3 Å². The third-order valence-corrected chi connectivity index (χ3v) is 4.38. The number of hydrogen-bond donors (Lipinski definition) is 1. The van der Waals surface area contributed by atoms with Crippen molar-refractivity contribution in [3.05, 3.63) is 11.9 Å². The van der Waals surface area contributed by atoms with E-state index in [2.05, 4.69) is 36.0 Å². The van der Waals surface area contributed by atoms with Gasteiger partial charge in [-0.2, -0.15) is 0 Å². The van der Waals surface area contributed by atoms with Crippen LogP contribution in [-0.2, 0) is 13.1 Å². The Morgan fingerprint density at radius 1 is 1.30 bits per heavy atom. The molecule has 0 aliphatic carbocycles. The lowest BCUT2D eigenvalue weighted by Crippen LogP contribution is -2.26. The molecular formula is C15H29N5. The van der Waals surface area contributed by atoms with Crippen LogP contribution in [0.15, 0.2) is 6.20 Å². The van der Waals surface area contributed by atoms with Crippen LogP contribution in [0.2, 0.25) is 0 Å². The lowest BCUT2D eigenvalue weighted by atomic mass is 9.77. The van der Waals surface area contributed by atoms with Crippen LogP contribution in [0.5, 0.6) is 0 Å². The minimum Gasteiger partial charge on any atom is -0.329 e. The van der Waals surface area contributed by atoms with E-state index in [0.717, 1.165) is 24.7 Å². The first-order chi connectivity index (χ1) is 9.49. The van der Waals surface area contributed by atoms with Gasteiger partial charge in [-0.25, -0.2) is 0 Å². The number of rotatable bonds is 4. The molecule has 2 rings (SSSR count). The molecule has 1 aliphatic heterocycles. The molecule has 0 spiro atoms. The molecule has 1 unspecified atom stereocenters. The molecule has 1 atom stereocenters. The quantitative estimate of drug-likeness (QED) is 0.914. The van der Waals surface area contributed by atoms with Gasteiger partial charge in [0.2, 0.25) is 0 Å². The van der Waals surface area contributed by atoms with Crippen molar-refractivity contribution >= 4 is 0 Å². The summed E-state index contributed by atoms with van der Waals surface area (Å²) in [5, 5.41) is 8.35. The third-order valence-electron chi connectivity index (χ3n) is 4.38. The van der Waals surface area contributed by atoms with Crippen LogP contribution in [-0.4, -0.2) is 39.5 Å². The van der Waals surface area contributed by atoms with Gasteiger partial charge >= 0.3 is 0 Å². The largest absolute Gasteiger partial charge is 0.329 e. The zero-order valence-corrected chi connectivity index (χ0v) is 13.2. The van der Waals surface area contributed by atoms with E-state index >= 15 is 0 Å². The van der Waals surface area contributed by atoms with Crippen molar-refractivity contribution in [1.82, 2.24) is 19.9 Å². The SMILES string of the molecule is CC(C)(C)C1CCCN(Cc2cn(CCN)nn2)CC1. The lowest BCUT2D eigenvalue weighted by molar-refractivity contribution is 0.206. The molecule has 1 aromatic rings. The van der Waals surface area contributed by atoms with Crippen LogP contribution in [0.25, 0.3) is 0 Å². The topological polar surface area (TPSA) is 60.0 Å². The molecule has 1 saturated heterocycles. The van der Waals surface area contributed by atoms with Crippen LogP contribution in [0.1, 0.15) is 45.7 Å². The van der Waals surface area contributed by atoms with E-state index in [0.29, 0.717) is 12.0 Å². The van der Waals surface area contributed by atoms with Crippen molar-refractivity contribution < 1.29 is 0 Å². The van der Waals surface area contributed by atoms with Gasteiger partial charge in [0.05, 0.1) is 12.2 Å². The fourth-order valence-electron chi connectivity index (χ4n) is 3.06. The fourth-order valence-corrected chi connectivity index (χ4v) is 3.06. The Morgan fingerprint density at radius 2 is 2.10 bits per heavy atom. The van der Waals surface area contributed by atoms with Gasteiger partial charge in [-0.05, 0) is 43.7 Å². The summed E-state index contributed by atoms with van der Waals surface area (Å²) in [5.74, 6) is 0.834. The number of hydrogen-bond acceptors (Lipinski definition) is 4. The minimum absolute atomic E-state index is 0.431. The molecule has 5 nitrogen and oxygen atoms in total. The summed E-state index contributed by atoms with van der Waals surface area (Å²) in [6.07, 6.45) is 5.96. The fraction of sp³-hybridized carbons (Fsp3) is 0.867. The standard InChI is InChI=1S/C15H29N5/c1-15(2,3)13-5-4-8-19(9-6-13)11-14-12-20(10-7-16)18-17-14/h12-13H,4-11,16H2,1-3H3. The Morgan fingerprint density at radius 3 is 2.80 bits per heavy atom. The normalized spacial score (nSPS) is 21.9. The summed E-state index contributed by atoms with van der Waals surface area (Å²) in [5.41, 5.74) is 7.03. The molecule has 5 heteroatoms. The summed E-state index contributed by atoms with van der Waals surface area (Å²) >= 11 is 0. The summed E-state index contributed by atoms with van der Waals surface area (Å²) < 4.78 is 1.84. The van der Waals surface area contributed by atoms with Crippen LogP contribution in [0.4, 0.5) is 0 Å². The van der Waals surface area contributed by atoms with E-state index in [1.807, 2.05) is 10.9 Å². The number of nitrogens with two attached hydrogens (primary N) is 1. The first kappa shape index (κ1) is 15.4. The van der Waals surface area contributed by atoms with Gasteiger partial charge in [0.1, 0.15) is 0 Å². The maximum absolute atomic E-state index is 5.53. The highest BCUT2D eigenvalue weighted by Gasteiger charge is 2.27. The summed E-state index contributed by atoms with van der Waals surface area (Å²) in [7, 11) is 0. The highest BCUT2D eigenvalue weighted by Crippen LogP contribution is 2.34. The van der Waals surface area contributed by atoms with E-state index in [-0.39, 0.29) is 0 Å². The van der Waals surface area contributed by atoms with Gasteiger partial charge in [-0.3, -0.25) is 9.58 Å². The molecular weight excluding hydrogens is 250 g/mol. The first-order valence-corrected chi connectivity index (χ1v) is 7.80. The molecule has 1 aromatic heterocycles. The van der Waals surface area contributed by atoms with Gasteiger partial charge in [0, 0.05) is 19.3 Å². The van der Waals surface area contributed by atoms with Gasteiger partial charge in [-0.15, -0.1) is 5.10 Å². The van der Waals surface area contributed by atoms with Gasteiger partial charge < -0.3 is 5.73 Å². The monoisotopic (exact) mass is 279 g/mol. The zero-order chi connectivity index (χ0) is 14.6. The molecule has 0 aromatic carbocycles. The van der Waals surface area contributed by atoms with Crippen LogP contribution >= 0.6 is 0 Å². The Bertz CT molecular complexity index is 407. The molecule has 0 bridgehead atoms. The second-order valence-corrected chi connectivity index (χ2v) is 7.03. The van der Waals surface area contributed by atoms with Crippen molar-refractivity contribution in [3.63, 3.8) is 0 Å². The Kier molecular flexibility index (Phi) is 5.16.